The standard InChI is InChI=1S/C14H16ClN3S/c1-8(2)12-13(14(16)17)19-11(18-12)7-9-3-5-10(15)6-4-9/h3-6,8H,7H2,1-2H3,(H3,16,17). The van der Waals surface area contributed by atoms with E-state index in [2.05, 4.69) is 18.8 Å². The SMILES string of the molecule is CC(C)c1nc(Cc2ccc(Cl)cc2)sc1C(=N)N. The first-order chi connectivity index (χ1) is 8.97. The number of halogens is 1. The van der Waals surface area contributed by atoms with Gasteiger partial charge in [-0.1, -0.05) is 37.6 Å². The van der Waals surface area contributed by atoms with E-state index in [0.717, 1.165) is 32.6 Å². The second kappa shape index (κ2) is 5.72. The molecule has 0 spiro atoms. The summed E-state index contributed by atoms with van der Waals surface area (Å²) in [7, 11) is 0. The van der Waals surface area contributed by atoms with E-state index >= 15 is 0 Å². The Labute approximate surface area is 122 Å². The van der Waals surface area contributed by atoms with E-state index in [1.165, 1.54) is 11.3 Å². The van der Waals surface area contributed by atoms with Crippen LogP contribution in [-0.4, -0.2) is 10.8 Å². The third-order valence-electron chi connectivity index (χ3n) is 2.76. The Hall–Kier alpha value is -1.39. The zero-order valence-corrected chi connectivity index (χ0v) is 12.5. The van der Waals surface area contributed by atoms with E-state index in [9.17, 15) is 0 Å². The van der Waals surface area contributed by atoms with Crippen LogP contribution in [0.2, 0.25) is 5.02 Å². The summed E-state index contributed by atoms with van der Waals surface area (Å²) in [5.41, 5.74) is 7.69. The molecule has 0 amide bonds. The van der Waals surface area contributed by atoms with Gasteiger partial charge in [-0.25, -0.2) is 4.98 Å². The highest BCUT2D eigenvalue weighted by Gasteiger charge is 2.16. The third-order valence-corrected chi connectivity index (χ3v) is 4.11. The summed E-state index contributed by atoms with van der Waals surface area (Å²) < 4.78 is 0. The van der Waals surface area contributed by atoms with Crippen molar-refractivity contribution < 1.29 is 0 Å². The van der Waals surface area contributed by atoms with Crippen LogP contribution in [0.3, 0.4) is 0 Å². The normalized spacial score (nSPS) is 10.9. The van der Waals surface area contributed by atoms with Crippen LogP contribution in [0.15, 0.2) is 24.3 Å². The Kier molecular flexibility index (Phi) is 4.22. The second-order valence-corrected chi connectivity index (χ2v) is 6.21. The van der Waals surface area contributed by atoms with E-state index in [1.54, 1.807) is 0 Å². The molecular formula is C14H16ClN3S. The van der Waals surface area contributed by atoms with Gasteiger partial charge < -0.3 is 5.73 Å². The van der Waals surface area contributed by atoms with Crippen molar-refractivity contribution in [2.75, 3.05) is 0 Å². The lowest BCUT2D eigenvalue weighted by Crippen LogP contribution is -2.12. The number of rotatable bonds is 4. The van der Waals surface area contributed by atoms with E-state index in [1.807, 2.05) is 24.3 Å². The second-order valence-electron chi connectivity index (χ2n) is 4.69. The summed E-state index contributed by atoms with van der Waals surface area (Å²) >= 11 is 7.37. The molecule has 0 radical (unpaired) electrons. The fourth-order valence-electron chi connectivity index (χ4n) is 1.81. The molecule has 0 atom stereocenters. The molecule has 0 saturated carbocycles. The molecule has 5 heteroatoms. The third kappa shape index (κ3) is 3.33. The van der Waals surface area contributed by atoms with Gasteiger partial charge in [-0.15, -0.1) is 11.3 Å². The molecule has 100 valence electrons. The summed E-state index contributed by atoms with van der Waals surface area (Å²) in [6, 6.07) is 7.73. The number of nitrogen functional groups attached to an aromatic ring is 1. The molecule has 19 heavy (non-hydrogen) atoms. The van der Waals surface area contributed by atoms with Gasteiger partial charge in [0.25, 0.3) is 0 Å². The minimum absolute atomic E-state index is 0.101. The number of nitrogens with two attached hydrogens (primary N) is 1. The van der Waals surface area contributed by atoms with Crippen LogP contribution in [0.25, 0.3) is 0 Å². The van der Waals surface area contributed by atoms with Crippen LogP contribution in [0.4, 0.5) is 0 Å². The molecule has 0 aliphatic heterocycles. The zero-order valence-electron chi connectivity index (χ0n) is 10.9. The number of benzene rings is 1. The minimum Gasteiger partial charge on any atom is -0.383 e. The Bertz CT molecular complexity index is 587. The summed E-state index contributed by atoms with van der Waals surface area (Å²) in [5.74, 6) is 0.373. The van der Waals surface area contributed by atoms with Crippen LogP contribution in [0, 0.1) is 5.41 Å². The maximum Gasteiger partial charge on any atom is 0.135 e. The minimum atomic E-state index is 0.101. The van der Waals surface area contributed by atoms with Crippen molar-refractivity contribution in [2.45, 2.75) is 26.2 Å². The summed E-state index contributed by atoms with van der Waals surface area (Å²) in [6.45, 7) is 4.13. The Morgan fingerprint density at radius 1 is 1.37 bits per heavy atom. The molecule has 0 aliphatic rings. The van der Waals surface area contributed by atoms with Crippen molar-refractivity contribution in [3.8, 4) is 0 Å². The van der Waals surface area contributed by atoms with Gasteiger partial charge in [0.15, 0.2) is 0 Å². The van der Waals surface area contributed by atoms with Crippen LogP contribution < -0.4 is 5.73 Å². The molecule has 2 rings (SSSR count). The van der Waals surface area contributed by atoms with Gasteiger partial charge in [-0.2, -0.15) is 0 Å². The smallest absolute Gasteiger partial charge is 0.135 e. The number of aromatic nitrogens is 1. The predicted molar refractivity (Wildman–Crippen MR) is 81.5 cm³/mol. The summed E-state index contributed by atoms with van der Waals surface area (Å²) in [5, 5.41) is 9.34. The van der Waals surface area contributed by atoms with Crippen molar-refractivity contribution in [3.63, 3.8) is 0 Å². The highest BCUT2D eigenvalue weighted by atomic mass is 35.5. The molecule has 3 N–H and O–H groups in total. The lowest BCUT2D eigenvalue weighted by Gasteiger charge is -2.02. The molecule has 1 heterocycles. The highest BCUT2D eigenvalue weighted by Crippen LogP contribution is 2.26. The van der Waals surface area contributed by atoms with Crippen molar-refractivity contribution in [3.05, 3.63) is 50.4 Å². The predicted octanol–water partition coefficient (Wildman–Crippen LogP) is 3.79. The summed E-state index contributed by atoms with van der Waals surface area (Å²) in [6.07, 6.45) is 0.745. The van der Waals surface area contributed by atoms with Crippen molar-refractivity contribution in [2.24, 2.45) is 5.73 Å². The molecule has 0 aliphatic carbocycles. The fraction of sp³-hybridized carbons (Fsp3) is 0.286. The van der Waals surface area contributed by atoms with Gasteiger partial charge in [0.1, 0.15) is 5.84 Å². The van der Waals surface area contributed by atoms with Crippen molar-refractivity contribution >= 4 is 28.8 Å². The number of nitrogens with one attached hydrogen (secondary N) is 1. The number of hydrogen-bond acceptors (Lipinski definition) is 3. The van der Waals surface area contributed by atoms with E-state index in [-0.39, 0.29) is 11.8 Å². The number of nitrogens with zero attached hydrogens (tertiary/aromatic N) is 1. The van der Waals surface area contributed by atoms with Crippen LogP contribution >= 0.6 is 22.9 Å². The first-order valence-electron chi connectivity index (χ1n) is 6.05. The molecule has 0 unspecified atom stereocenters. The molecule has 0 bridgehead atoms. The number of thiazole rings is 1. The Morgan fingerprint density at radius 2 is 2.00 bits per heavy atom. The van der Waals surface area contributed by atoms with Gasteiger partial charge >= 0.3 is 0 Å². The average Bonchev–Trinajstić information content (AvgIpc) is 2.76. The van der Waals surface area contributed by atoms with E-state index in [0.29, 0.717) is 0 Å². The average molecular weight is 294 g/mol. The maximum atomic E-state index is 7.62. The van der Waals surface area contributed by atoms with E-state index < -0.39 is 0 Å². The Morgan fingerprint density at radius 3 is 2.47 bits per heavy atom. The first kappa shape index (κ1) is 14.0. The molecule has 2 aromatic rings. The molecule has 0 fully saturated rings. The van der Waals surface area contributed by atoms with Gasteiger partial charge in [0.2, 0.25) is 0 Å². The van der Waals surface area contributed by atoms with Crippen molar-refractivity contribution in [1.29, 1.82) is 5.41 Å². The van der Waals surface area contributed by atoms with Gasteiger partial charge in [0.05, 0.1) is 15.6 Å². The lowest BCUT2D eigenvalue weighted by atomic mass is 10.1. The van der Waals surface area contributed by atoms with Crippen molar-refractivity contribution in [1.82, 2.24) is 4.98 Å². The van der Waals surface area contributed by atoms with Crippen LogP contribution in [0.5, 0.6) is 0 Å². The molecule has 3 nitrogen and oxygen atoms in total. The van der Waals surface area contributed by atoms with Crippen LogP contribution in [-0.2, 0) is 6.42 Å². The molecular weight excluding hydrogens is 278 g/mol. The Balaban J connectivity index is 2.28. The number of amidine groups is 1. The molecule has 1 aromatic carbocycles. The fourth-order valence-corrected chi connectivity index (χ4v) is 3.06. The highest BCUT2D eigenvalue weighted by molar-refractivity contribution is 7.13. The quantitative estimate of drug-likeness (QED) is 0.665. The van der Waals surface area contributed by atoms with Gasteiger partial charge in [-0.3, -0.25) is 5.41 Å². The maximum absolute atomic E-state index is 7.62. The van der Waals surface area contributed by atoms with Gasteiger partial charge in [-0.05, 0) is 23.6 Å². The van der Waals surface area contributed by atoms with Crippen LogP contribution in [0.1, 0.15) is 40.9 Å². The molecule has 0 saturated heterocycles. The lowest BCUT2D eigenvalue weighted by molar-refractivity contribution is 0.822. The summed E-state index contributed by atoms with van der Waals surface area (Å²) in [4.78, 5) is 5.40. The number of hydrogen-bond donors (Lipinski definition) is 2. The van der Waals surface area contributed by atoms with Gasteiger partial charge in [0, 0.05) is 11.4 Å². The topological polar surface area (TPSA) is 62.8 Å². The largest absolute Gasteiger partial charge is 0.383 e. The molecule has 1 aromatic heterocycles. The first-order valence-corrected chi connectivity index (χ1v) is 7.25. The zero-order chi connectivity index (χ0) is 14.0. The van der Waals surface area contributed by atoms with E-state index in [4.69, 9.17) is 22.7 Å². The monoisotopic (exact) mass is 293 g/mol.